The van der Waals surface area contributed by atoms with Crippen molar-refractivity contribution in [1.82, 2.24) is 9.88 Å². The number of hydrogen-bond acceptors (Lipinski definition) is 4. The maximum absolute atomic E-state index is 12.5. The average molecular weight is 376 g/mol. The van der Waals surface area contributed by atoms with Gasteiger partial charge in [0.1, 0.15) is 5.75 Å². The standard InChI is InChI=1S/C23H24N2O3/c26-23-18-6-2-1-5-16(18)20-15-19-17(22(20)24-23)7-3-8-21(19)28-12-4-9-25-10-13-27-14-11-25/h1-3,5-8H,4,9-15H2,(H,24,26). The number of morpholine rings is 1. The first-order valence-electron chi connectivity index (χ1n) is 10.0. The summed E-state index contributed by atoms with van der Waals surface area (Å²) in [5, 5.41) is 1.79. The lowest BCUT2D eigenvalue weighted by atomic mass is 10.0. The van der Waals surface area contributed by atoms with Crippen LogP contribution in [0.5, 0.6) is 5.75 Å². The van der Waals surface area contributed by atoms with Gasteiger partial charge in [0, 0.05) is 42.6 Å². The van der Waals surface area contributed by atoms with Crippen LogP contribution in [-0.2, 0) is 11.2 Å². The Bertz CT molecular complexity index is 1070. The first-order chi connectivity index (χ1) is 13.8. The smallest absolute Gasteiger partial charge is 0.256 e. The first kappa shape index (κ1) is 17.5. The molecule has 5 heteroatoms. The van der Waals surface area contributed by atoms with Crippen molar-refractivity contribution in [2.24, 2.45) is 0 Å². The van der Waals surface area contributed by atoms with Crippen molar-refractivity contribution in [3.8, 4) is 17.0 Å². The number of ether oxygens (including phenoxy) is 2. The molecule has 1 aromatic heterocycles. The van der Waals surface area contributed by atoms with E-state index in [0.717, 1.165) is 73.5 Å². The highest BCUT2D eigenvalue weighted by molar-refractivity contribution is 5.93. The molecule has 1 N–H and O–H groups in total. The van der Waals surface area contributed by atoms with Crippen LogP contribution in [0.3, 0.4) is 0 Å². The summed E-state index contributed by atoms with van der Waals surface area (Å²) < 4.78 is 11.6. The minimum Gasteiger partial charge on any atom is -0.493 e. The van der Waals surface area contributed by atoms with Gasteiger partial charge in [-0.05, 0) is 29.5 Å². The molecule has 5 nitrogen and oxygen atoms in total. The van der Waals surface area contributed by atoms with E-state index in [-0.39, 0.29) is 5.56 Å². The van der Waals surface area contributed by atoms with Gasteiger partial charge in [-0.25, -0.2) is 0 Å². The average Bonchev–Trinajstić information content (AvgIpc) is 3.12. The summed E-state index contributed by atoms with van der Waals surface area (Å²) in [6.07, 6.45) is 1.79. The third kappa shape index (κ3) is 3.11. The predicted molar refractivity (Wildman–Crippen MR) is 110 cm³/mol. The molecular weight excluding hydrogens is 352 g/mol. The van der Waals surface area contributed by atoms with E-state index in [9.17, 15) is 4.79 Å². The molecule has 1 aliphatic carbocycles. The number of aromatic amines is 1. The largest absolute Gasteiger partial charge is 0.493 e. The lowest BCUT2D eigenvalue weighted by Crippen LogP contribution is -2.37. The van der Waals surface area contributed by atoms with E-state index in [0.29, 0.717) is 6.61 Å². The van der Waals surface area contributed by atoms with E-state index < -0.39 is 0 Å². The first-order valence-corrected chi connectivity index (χ1v) is 10.0. The van der Waals surface area contributed by atoms with Gasteiger partial charge in [-0.3, -0.25) is 9.69 Å². The third-order valence-electron chi connectivity index (χ3n) is 5.77. The van der Waals surface area contributed by atoms with Gasteiger partial charge in [0.2, 0.25) is 0 Å². The topological polar surface area (TPSA) is 54.6 Å². The second-order valence-electron chi connectivity index (χ2n) is 7.47. The van der Waals surface area contributed by atoms with E-state index >= 15 is 0 Å². The van der Waals surface area contributed by atoms with Crippen LogP contribution in [0.15, 0.2) is 47.3 Å². The minimum absolute atomic E-state index is 0.0287. The van der Waals surface area contributed by atoms with Gasteiger partial charge in [0.25, 0.3) is 5.56 Å². The highest BCUT2D eigenvalue weighted by atomic mass is 16.5. The van der Waals surface area contributed by atoms with Crippen molar-refractivity contribution >= 4 is 10.8 Å². The Morgan fingerprint density at radius 3 is 2.68 bits per heavy atom. The summed E-state index contributed by atoms with van der Waals surface area (Å²) in [5.74, 6) is 0.931. The van der Waals surface area contributed by atoms with E-state index in [1.807, 2.05) is 36.4 Å². The number of benzene rings is 2. The Labute approximate surface area is 163 Å². The Morgan fingerprint density at radius 1 is 1.00 bits per heavy atom. The number of pyridine rings is 1. The van der Waals surface area contributed by atoms with Crippen LogP contribution >= 0.6 is 0 Å². The van der Waals surface area contributed by atoms with Gasteiger partial charge >= 0.3 is 0 Å². The van der Waals surface area contributed by atoms with Crippen LogP contribution in [-0.4, -0.2) is 49.3 Å². The quantitative estimate of drug-likeness (QED) is 0.544. The normalized spacial score (nSPS) is 16.1. The van der Waals surface area contributed by atoms with E-state index in [4.69, 9.17) is 9.47 Å². The number of hydrogen-bond donors (Lipinski definition) is 1. The molecule has 0 bridgehead atoms. The lowest BCUT2D eigenvalue weighted by molar-refractivity contribution is 0.0358. The second-order valence-corrected chi connectivity index (χ2v) is 7.47. The zero-order valence-electron chi connectivity index (χ0n) is 15.9. The molecule has 144 valence electrons. The SMILES string of the molecule is O=c1[nH]c2c(c3ccccc13)Cc1c(OCCCN3CCOCC3)cccc1-2. The number of fused-ring (bicyclic) bond motifs is 5. The summed E-state index contributed by atoms with van der Waals surface area (Å²) >= 11 is 0. The maximum Gasteiger partial charge on any atom is 0.256 e. The van der Waals surface area contributed by atoms with Gasteiger partial charge in [-0.1, -0.05) is 30.3 Å². The Hall–Kier alpha value is -2.63. The van der Waals surface area contributed by atoms with E-state index in [1.54, 1.807) is 0 Å². The minimum atomic E-state index is -0.0287. The molecule has 0 radical (unpaired) electrons. The van der Waals surface area contributed by atoms with Crippen molar-refractivity contribution in [3.05, 3.63) is 63.9 Å². The molecule has 2 aromatic carbocycles. The van der Waals surface area contributed by atoms with Gasteiger partial charge in [0.05, 0.1) is 25.5 Å². The number of aromatic nitrogens is 1. The highest BCUT2D eigenvalue weighted by Crippen LogP contribution is 2.41. The van der Waals surface area contributed by atoms with Crippen molar-refractivity contribution in [1.29, 1.82) is 0 Å². The molecule has 0 saturated carbocycles. The van der Waals surface area contributed by atoms with Crippen LogP contribution in [0.1, 0.15) is 17.5 Å². The summed E-state index contributed by atoms with van der Waals surface area (Å²) in [5.41, 5.74) is 4.37. The zero-order chi connectivity index (χ0) is 18.9. The van der Waals surface area contributed by atoms with Crippen LogP contribution in [0.25, 0.3) is 22.0 Å². The highest BCUT2D eigenvalue weighted by Gasteiger charge is 2.25. The second kappa shape index (κ2) is 7.41. The van der Waals surface area contributed by atoms with Crippen molar-refractivity contribution in [2.75, 3.05) is 39.5 Å². The lowest BCUT2D eigenvalue weighted by Gasteiger charge is -2.26. The fraction of sp³-hybridized carbons (Fsp3) is 0.348. The third-order valence-corrected chi connectivity index (χ3v) is 5.77. The molecule has 1 saturated heterocycles. The molecule has 1 fully saturated rings. The molecule has 2 aliphatic rings. The number of rotatable bonds is 5. The molecule has 0 atom stereocenters. The maximum atomic E-state index is 12.5. The molecule has 3 aromatic rings. The van der Waals surface area contributed by atoms with Gasteiger partial charge in [-0.2, -0.15) is 0 Å². The Kier molecular flexibility index (Phi) is 4.63. The van der Waals surface area contributed by atoms with Gasteiger partial charge < -0.3 is 14.5 Å². The Balaban J connectivity index is 1.36. The molecule has 5 rings (SSSR count). The fourth-order valence-electron chi connectivity index (χ4n) is 4.34. The van der Waals surface area contributed by atoms with Gasteiger partial charge in [0.15, 0.2) is 0 Å². The molecule has 2 heterocycles. The van der Waals surface area contributed by atoms with E-state index in [1.165, 1.54) is 11.1 Å². The monoisotopic (exact) mass is 376 g/mol. The molecule has 0 unspecified atom stereocenters. The van der Waals surface area contributed by atoms with Gasteiger partial charge in [-0.15, -0.1) is 0 Å². The van der Waals surface area contributed by atoms with Crippen LogP contribution in [0, 0.1) is 0 Å². The molecular formula is C23H24N2O3. The summed E-state index contributed by atoms with van der Waals surface area (Å²) in [4.78, 5) is 18.0. The molecule has 1 aliphatic heterocycles. The zero-order valence-corrected chi connectivity index (χ0v) is 15.9. The summed E-state index contributed by atoms with van der Waals surface area (Å²) in [6.45, 7) is 5.42. The van der Waals surface area contributed by atoms with Crippen molar-refractivity contribution in [2.45, 2.75) is 12.8 Å². The number of H-pyrrole nitrogens is 1. The number of nitrogens with one attached hydrogen (secondary N) is 1. The predicted octanol–water partition coefficient (Wildman–Crippen LogP) is 3.20. The summed E-state index contributed by atoms with van der Waals surface area (Å²) in [7, 11) is 0. The van der Waals surface area contributed by atoms with E-state index in [2.05, 4.69) is 16.0 Å². The number of nitrogens with zero attached hydrogens (tertiary/aromatic N) is 1. The van der Waals surface area contributed by atoms with Crippen LogP contribution in [0.4, 0.5) is 0 Å². The van der Waals surface area contributed by atoms with Crippen LogP contribution < -0.4 is 10.3 Å². The Morgan fingerprint density at radius 2 is 1.82 bits per heavy atom. The van der Waals surface area contributed by atoms with Crippen LogP contribution in [0.2, 0.25) is 0 Å². The molecule has 0 amide bonds. The molecule has 28 heavy (non-hydrogen) atoms. The molecule has 0 spiro atoms. The van der Waals surface area contributed by atoms with Crippen molar-refractivity contribution in [3.63, 3.8) is 0 Å². The summed E-state index contributed by atoms with van der Waals surface area (Å²) in [6, 6.07) is 14.0. The fourth-order valence-corrected chi connectivity index (χ4v) is 4.34. The van der Waals surface area contributed by atoms with Crippen molar-refractivity contribution < 1.29 is 9.47 Å².